The molecule has 0 fully saturated rings. The van der Waals surface area contributed by atoms with Crippen LogP contribution < -0.4 is 10.6 Å². The topological polar surface area (TPSA) is 41.1 Å². The molecule has 1 atom stereocenters. The summed E-state index contributed by atoms with van der Waals surface area (Å²) in [6.07, 6.45) is 0. The van der Waals surface area contributed by atoms with Gasteiger partial charge < -0.3 is 10.6 Å². The molecule has 0 aliphatic carbocycles. The van der Waals surface area contributed by atoms with Crippen LogP contribution in [0, 0.1) is 3.57 Å². The Bertz CT molecular complexity index is 643. The van der Waals surface area contributed by atoms with Crippen LogP contribution in [0.25, 0.3) is 0 Å². The van der Waals surface area contributed by atoms with Gasteiger partial charge >= 0.3 is 0 Å². The van der Waals surface area contributed by atoms with Gasteiger partial charge in [-0.2, -0.15) is 0 Å². The van der Waals surface area contributed by atoms with Gasteiger partial charge in [0.15, 0.2) is 0 Å². The number of nitrogens with one attached hydrogen (secondary N) is 2. The van der Waals surface area contributed by atoms with E-state index in [-0.39, 0.29) is 11.9 Å². The summed E-state index contributed by atoms with van der Waals surface area (Å²) < 4.78 is 1.21. The number of halogens is 2. The Labute approximate surface area is 143 Å². The summed E-state index contributed by atoms with van der Waals surface area (Å²) in [5.41, 5.74) is 2.74. The third-order valence-corrected chi connectivity index (χ3v) is 4.06. The first-order valence-electron chi connectivity index (χ1n) is 6.55. The number of rotatable bonds is 4. The van der Waals surface area contributed by atoms with Crippen molar-refractivity contribution in [2.75, 3.05) is 10.6 Å². The van der Waals surface area contributed by atoms with Gasteiger partial charge in [0.2, 0.25) is 5.91 Å². The van der Waals surface area contributed by atoms with Crippen LogP contribution >= 0.6 is 34.2 Å². The number of hydrogen-bond donors (Lipinski definition) is 2. The maximum Gasteiger partial charge on any atom is 0.221 e. The van der Waals surface area contributed by atoms with Gasteiger partial charge in [-0.1, -0.05) is 23.7 Å². The fraction of sp³-hybridized carbons (Fsp3) is 0.188. The van der Waals surface area contributed by atoms with Crippen molar-refractivity contribution in [1.82, 2.24) is 0 Å². The van der Waals surface area contributed by atoms with Crippen molar-refractivity contribution < 1.29 is 4.79 Å². The Kier molecular flexibility index (Phi) is 5.47. The summed E-state index contributed by atoms with van der Waals surface area (Å²) in [5.74, 6) is -0.134. The highest BCUT2D eigenvalue weighted by molar-refractivity contribution is 14.1. The molecule has 0 aromatic heterocycles. The monoisotopic (exact) mass is 414 g/mol. The van der Waals surface area contributed by atoms with E-state index in [4.69, 9.17) is 11.6 Å². The molecule has 0 aliphatic rings. The summed E-state index contributed by atoms with van der Waals surface area (Å²) in [6.45, 7) is 3.55. The Morgan fingerprint density at radius 3 is 2.43 bits per heavy atom. The van der Waals surface area contributed by atoms with Crippen molar-refractivity contribution in [3.63, 3.8) is 0 Å². The van der Waals surface area contributed by atoms with Crippen molar-refractivity contribution in [2.45, 2.75) is 19.9 Å². The van der Waals surface area contributed by atoms with E-state index in [1.807, 2.05) is 12.1 Å². The third-order valence-electron chi connectivity index (χ3n) is 3.03. The molecule has 3 nitrogen and oxygen atoms in total. The molecule has 0 spiro atoms. The normalized spacial score (nSPS) is 11.8. The molecule has 0 radical (unpaired) electrons. The van der Waals surface area contributed by atoms with Crippen molar-refractivity contribution in [1.29, 1.82) is 0 Å². The number of anilines is 2. The molecule has 1 amide bonds. The van der Waals surface area contributed by atoms with Crippen molar-refractivity contribution in [3.8, 4) is 0 Å². The number of amides is 1. The Morgan fingerprint density at radius 1 is 1.19 bits per heavy atom. The molecular weight excluding hydrogens is 399 g/mol. The van der Waals surface area contributed by atoms with E-state index in [0.29, 0.717) is 10.7 Å². The molecule has 2 aromatic rings. The van der Waals surface area contributed by atoms with Crippen LogP contribution in [0.15, 0.2) is 42.5 Å². The Morgan fingerprint density at radius 2 is 1.86 bits per heavy atom. The van der Waals surface area contributed by atoms with Crippen LogP contribution in [0.2, 0.25) is 5.02 Å². The predicted octanol–water partition coefficient (Wildman–Crippen LogP) is 5.08. The lowest BCUT2D eigenvalue weighted by Crippen LogP contribution is -2.08. The summed E-state index contributed by atoms with van der Waals surface area (Å²) in [4.78, 5) is 11.1. The highest BCUT2D eigenvalue weighted by Crippen LogP contribution is 2.28. The molecule has 0 bridgehead atoms. The zero-order valence-corrected chi connectivity index (χ0v) is 14.7. The van der Waals surface area contributed by atoms with Gasteiger partial charge in [0, 0.05) is 22.2 Å². The minimum Gasteiger partial charge on any atom is -0.378 e. The first-order valence-corrected chi connectivity index (χ1v) is 8.00. The zero-order valence-electron chi connectivity index (χ0n) is 11.8. The fourth-order valence-electron chi connectivity index (χ4n) is 1.98. The van der Waals surface area contributed by atoms with Gasteiger partial charge in [0.1, 0.15) is 0 Å². The summed E-state index contributed by atoms with van der Waals surface area (Å²) >= 11 is 8.46. The molecule has 0 saturated carbocycles. The maximum absolute atomic E-state index is 11.1. The van der Waals surface area contributed by atoms with Gasteiger partial charge in [-0.3, -0.25) is 4.79 Å². The summed E-state index contributed by atoms with van der Waals surface area (Å²) in [5, 5.41) is 6.61. The van der Waals surface area contributed by atoms with E-state index in [0.717, 1.165) is 5.69 Å². The number of hydrogen-bond acceptors (Lipinski definition) is 2. The largest absolute Gasteiger partial charge is 0.378 e. The van der Waals surface area contributed by atoms with Gasteiger partial charge in [0.25, 0.3) is 0 Å². The molecule has 2 aromatic carbocycles. The quantitative estimate of drug-likeness (QED) is 0.685. The second kappa shape index (κ2) is 7.13. The standard InChI is InChI=1S/C16H16ClIN2O/c1-10(12-3-5-13(18)6-4-12)19-14-7-8-16(15(17)9-14)20-11(2)21/h3-10,19H,1-2H3,(H,20,21). The summed E-state index contributed by atoms with van der Waals surface area (Å²) in [7, 11) is 0. The van der Waals surface area contributed by atoms with Gasteiger partial charge in [-0.15, -0.1) is 0 Å². The fourth-order valence-corrected chi connectivity index (χ4v) is 2.57. The van der Waals surface area contributed by atoms with E-state index < -0.39 is 0 Å². The molecule has 1 unspecified atom stereocenters. The zero-order chi connectivity index (χ0) is 15.4. The van der Waals surface area contributed by atoms with Gasteiger partial charge in [-0.05, 0) is 65.4 Å². The van der Waals surface area contributed by atoms with E-state index in [1.54, 1.807) is 6.07 Å². The summed E-state index contributed by atoms with van der Waals surface area (Å²) in [6, 6.07) is 14.1. The van der Waals surface area contributed by atoms with E-state index >= 15 is 0 Å². The SMILES string of the molecule is CC(=O)Nc1ccc(NC(C)c2ccc(I)cc2)cc1Cl. The average molecular weight is 415 g/mol. The number of carbonyl (C=O) groups is 1. The van der Waals surface area contributed by atoms with Gasteiger partial charge in [-0.25, -0.2) is 0 Å². The molecule has 2 N–H and O–H groups in total. The molecule has 21 heavy (non-hydrogen) atoms. The van der Waals surface area contributed by atoms with Crippen LogP contribution in [-0.4, -0.2) is 5.91 Å². The highest BCUT2D eigenvalue weighted by atomic mass is 127. The molecule has 2 rings (SSSR count). The second-order valence-electron chi connectivity index (χ2n) is 4.79. The lowest BCUT2D eigenvalue weighted by atomic mass is 10.1. The Balaban J connectivity index is 2.10. The maximum atomic E-state index is 11.1. The average Bonchev–Trinajstić information content (AvgIpc) is 2.42. The smallest absolute Gasteiger partial charge is 0.221 e. The van der Waals surface area contributed by atoms with Crippen molar-refractivity contribution in [3.05, 3.63) is 56.6 Å². The van der Waals surface area contributed by atoms with Crippen LogP contribution in [0.3, 0.4) is 0 Å². The van der Waals surface area contributed by atoms with Crippen molar-refractivity contribution >= 4 is 51.5 Å². The minimum atomic E-state index is -0.134. The number of benzene rings is 2. The van der Waals surface area contributed by atoms with Crippen molar-refractivity contribution in [2.24, 2.45) is 0 Å². The molecular formula is C16H16ClIN2O. The van der Waals surface area contributed by atoms with Crippen LogP contribution in [0.5, 0.6) is 0 Å². The van der Waals surface area contributed by atoms with Gasteiger partial charge in [0.05, 0.1) is 10.7 Å². The van der Waals surface area contributed by atoms with Crippen LogP contribution in [0.1, 0.15) is 25.5 Å². The third kappa shape index (κ3) is 4.61. The lowest BCUT2D eigenvalue weighted by molar-refractivity contribution is -0.114. The first kappa shape index (κ1) is 16.1. The minimum absolute atomic E-state index is 0.134. The van der Waals surface area contributed by atoms with E-state index in [1.165, 1.54) is 16.1 Å². The van der Waals surface area contributed by atoms with Crippen LogP contribution in [-0.2, 0) is 4.79 Å². The first-order chi connectivity index (χ1) is 9.95. The molecule has 0 heterocycles. The van der Waals surface area contributed by atoms with Crippen LogP contribution in [0.4, 0.5) is 11.4 Å². The molecule has 110 valence electrons. The molecule has 5 heteroatoms. The molecule has 0 saturated heterocycles. The molecule has 0 aliphatic heterocycles. The predicted molar refractivity (Wildman–Crippen MR) is 97.0 cm³/mol. The van der Waals surface area contributed by atoms with E-state index in [2.05, 4.69) is 64.4 Å². The number of carbonyl (C=O) groups excluding carboxylic acids is 1. The van der Waals surface area contributed by atoms with E-state index in [9.17, 15) is 4.79 Å². The Hall–Kier alpha value is -1.27. The lowest BCUT2D eigenvalue weighted by Gasteiger charge is -2.17. The highest BCUT2D eigenvalue weighted by Gasteiger charge is 2.08. The second-order valence-corrected chi connectivity index (χ2v) is 6.45.